The minimum Gasteiger partial charge on any atom is -0.508 e. The fraction of sp³-hybridized carbons (Fsp3) is 0.571. The Bertz CT molecular complexity index is 778. The van der Waals surface area contributed by atoms with Gasteiger partial charge in [0, 0.05) is 11.3 Å². The van der Waals surface area contributed by atoms with Gasteiger partial charge in [-0.05, 0) is 60.8 Å². The highest BCUT2D eigenvalue weighted by Crippen LogP contribution is 2.62. The molecular formula is C21H24O7. The van der Waals surface area contributed by atoms with E-state index in [2.05, 4.69) is 0 Å². The van der Waals surface area contributed by atoms with Gasteiger partial charge in [0.25, 0.3) is 19.4 Å². The van der Waals surface area contributed by atoms with Gasteiger partial charge >= 0.3 is 0 Å². The van der Waals surface area contributed by atoms with E-state index in [-0.39, 0.29) is 23.5 Å². The largest absolute Gasteiger partial charge is 0.508 e. The Morgan fingerprint density at radius 2 is 1.75 bits per heavy atom. The van der Waals surface area contributed by atoms with E-state index >= 15 is 0 Å². The summed E-state index contributed by atoms with van der Waals surface area (Å²) >= 11 is 0. The van der Waals surface area contributed by atoms with Crippen LogP contribution in [0.5, 0.6) is 5.75 Å². The molecule has 150 valence electrons. The second-order valence-electron chi connectivity index (χ2n) is 8.31. The molecule has 1 aromatic rings. The van der Waals surface area contributed by atoms with Crippen molar-refractivity contribution in [1.29, 1.82) is 0 Å². The van der Waals surface area contributed by atoms with Gasteiger partial charge in [0.15, 0.2) is 6.10 Å². The Morgan fingerprint density at radius 3 is 2.46 bits per heavy atom. The molecule has 28 heavy (non-hydrogen) atoms. The van der Waals surface area contributed by atoms with Crippen LogP contribution in [0, 0.1) is 17.3 Å². The van der Waals surface area contributed by atoms with Crippen LogP contribution in [0.4, 0.5) is 0 Å². The van der Waals surface area contributed by atoms with Crippen molar-refractivity contribution < 1.29 is 33.7 Å². The van der Waals surface area contributed by atoms with Gasteiger partial charge in [0.1, 0.15) is 18.0 Å². The highest BCUT2D eigenvalue weighted by atomic mass is 16.6. The summed E-state index contributed by atoms with van der Waals surface area (Å²) in [4.78, 5) is 33.5. The third kappa shape index (κ3) is 2.67. The molecule has 0 amide bonds. The Hall–Kier alpha value is -2.57. The number of hydrogen-bond acceptors (Lipinski definition) is 7. The molecule has 1 aromatic carbocycles. The summed E-state index contributed by atoms with van der Waals surface area (Å²) in [7, 11) is 0. The van der Waals surface area contributed by atoms with Crippen LogP contribution in [0.25, 0.3) is 0 Å². The van der Waals surface area contributed by atoms with Gasteiger partial charge in [-0.3, -0.25) is 14.4 Å². The number of benzene rings is 1. The van der Waals surface area contributed by atoms with Gasteiger partial charge in [-0.2, -0.15) is 0 Å². The summed E-state index contributed by atoms with van der Waals surface area (Å²) in [5.74, 6) is 0.610. The van der Waals surface area contributed by atoms with Crippen LogP contribution in [0.3, 0.4) is 0 Å². The van der Waals surface area contributed by atoms with Crippen LogP contribution in [0.1, 0.15) is 43.2 Å². The van der Waals surface area contributed by atoms with E-state index in [9.17, 15) is 19.5 Å². The molecule has 1 N–H and O–H groups in total. The average Bonchev–Trinajstić information content (AvgIpc) is 2.91. The number of phenols is 1. The smallest absolute Gasteiger partial charge is 0.293 e. The molecule has 7 nitrogen and oxygen atoms in total. The normalized spacial score (nSPS) is 38.3. The van der Waals surface area contributed by atoms with Gasteiger partial charge in [-0.1, -0.05) is 13.0 Å². The van der Waals surface area contributed by atoms with Crippen LogP contribution in [-0.2, 0) is 35.0 Å². The molecule has 0 radical (unpaired) electrons. The minimum absolute atomic E-state index is 0.103. The average molecular weight is 388 g/mol. The van der Waals surface area contributed by atoms with Crippen LogP contribution in [-0.4, -0.2) is 42.8 Å². The second-order valence-corrected chi connectivity index (χ2v) is 8.31. The lowest BCUT2D eigenvalue weighted by molar-refractivity contribution is -0.163. The summed E-state index contributed by atoms with van der Waals surface area (Å²) in [6.45, 7) is 3.12. The molecule has 2 fully saturated rings. The van der Waals surface area contributed by atoms with Crippen LogP contribution < -0.4 is 0 Å². The molecule has 7 heteroatoms. The zero-order valence-electron chi connectivity index (χ0n) is 15.7. The molecule has 0 saturated heterocycles. The maximum atomic E-state index is 11.2. The van der Waals surface area contributed by atoms with Crippen molar-refractivity contribution in [2.75, 3.05) is 0 Å². The zero-order chi connectivity index (χ0) is 19.9. The second kappa shape index (κ2) is 7.11. The fourth-order valence-corrected chi connectivity index (χ4v) is 6.28. The molecule has 0 aromatic heterocycles. The van der Waals surface area contributed by atoms with E-state index in [0.29, 0.717) is 19.4 Å². The van der Waals surface area contributed by atoms with Crippen molar-refractivity contribution in [3.63, 3.8) is 0 Å². The number of rotatable bonds is 6. The highest BCUT2D eigenvalue weighted by molar-refractivity contribution is 5.44. The zero-order valence-corrected chi connectivity index (χ0v) is 15.7. The lowest BCUT2D eigenvalue weighted by Gasteiger charge is -2.50. The first kappa shape index (κ1) is 18.8. The predicted molar refractivity (Wildman–Crippen MR) is 96.3 cm³/mol. The van der Waals surface area contributed by atoms with Crippen LogP contribution >= 0.6 is 0 Å². The van der Waals surface area contributed by atoms with E-state index in [0.717, 1.165) is 31.2 Å². The predicted octanol–water partition coefficient (Wildman–Crippen LogP) is 2.09. The third-order valence-corrected chi connectivity index (χ3v) is 7.26. The maximum Gasteiger partial charge on any atom is 0.293 e. The van der Waals surface area contributed by atoms with Gasteiger partial charge in [0.2, 0.25) is 0 Å². The summed E-state index contributed by atoms with van der Waals surface area (Å²) in [5, 5.41) is 9.82. The molecule has 0 heterocycles. The van der Waals surface area contributed by atoms with E-state index < -0.39 is 23.7 Å². The molecule has 0 spiro atoms. The van der Waals surface area contributed by atoms with E-state index in [1.165, 1.54) is 5.56 Å². The number of phenolic OH excluding ortho intramolecular Hbond substituents is 1. The lowest BCUT2D eigenvalue weighted by Crippen LogP contribution is -2.47. The van der Waals surface area contributed by atoms with Crippen molar-refractivity contribution in [3.8, 4) is 5.75 Å². The summed E-state index contributed by atoms with van der Waals surface area (Å²) < 4.78 is 16.1. The molecule has 4 rings (SSSR count). The quantitative estimate of drug-likeness (QED) is 0.588. The van der Waals surface area contributed by atoms with Crippen molar-refractivity contribution in [1.82, 2.24) is 0 Å². The first-order valence-corrected chi connectivity index (χ1v) is 9.64. The number of ether oxygens (including phenoxy) is 3. The minimum atomic E-state index is -0.817. The SMILES string of the molecule is C[C@]12CC[C@@H]3c4ccc(O)cc4CC[C@H]3[C@@H]1[C@@H](OC=O)[C@@H](OC=O)[C@@H]2OC=O. The molecule has 0 aliphatic heterocycles. The van der Waals surface area contributed by atoms with Gasteiger partial charge in [-0.15, -0.1) is 0 Å². The molecule has 0 bridgehead atoms. The summed E-state index contributed by atoms with van der Waals surface area (Å²) in [6, 6.07) is 5.51. The van der Waals surface area contributed by atoms with E-state index in [4.69, 9.17) is 14.2 Å². The first-order valence-electron chi connectivity index (χ1n) is 9.64. The Balaban J connectivity index is 1.76. The molecule has 2 saturated carbocycles. The van der Waals surface area contributed by atoms with Gasteiger partial charge in [-0.25, -0.2) is 0 Å². The van der Waals surface area contributed by atoms with Crippen molar-refractivity contribution in [2.45, 2.75) is 56.8 Å². The summed E-state index contributed by atoms with van der Waals surface area (Å²) in [6.07, 6.45) is 1.16. The molecular weight excluding hydrogens is 364 g/mol. The summed E-state index contributed by atoms with van der Waals surface area (Å²) in [5.41, 5.74) is 1.91. The highest BCUT2D eigenvalue weighted by Gasteiger charge is 2.66. The van der Waals surface area contributed by atoms with Crippen LogP contribution in [0.15, 0.2) is 18.2 Å². The number of aryl methyl sites for hydroxylation is 1. The van der Waals surface area contributed by atoms with Crippen molar-refractivity contribution in [3.05, 3.63) is 29.3 Å². The first-order chi connectivity index (χ1) is 13.5. The number of carbonyl (C=O) groups excluding carboxylic acids is 3. The number of fused-ring (bicyclic) bond motifs is 5. The number of carbonyl (C=O) groups is 3. The third-order valence-electron chi connectivity index (χ3n) is 7.26. The van der Waals surface area contributed by atoms with Gasteiger partial charge in [0.05, 0.1) is 0 Å². The Labute approximate surface area is 163 Å². The monoisotopic (exact) mass is 388 g/mol. The molecule has 3 aliphatic rings. The van der Waals surface area contributed by atoms with Crippen molar-refractivity contribution in [2.24, 2.45) is 17.3 Å². The van der Waals surface area contributed by atoms with Crippen molar-refractivity contribution >= 4 is 19.4 Å². The maximum absolute atomic E-state index is 11.2. The fourth-order valence-electron chi connectivity index (χ4n) is 6.28. The number of aromatic hydroxyl groups is 1. The van der Waals surface area contributed by atoms with Gasteiger partial charge < -0.3 is 19.3 Å². The standard InChI is InChI=1S/C21H24O7/c1-21-7-6-15-14-5-3-13(25)8-12(14)2-4-16(15)17(21)18(26-9-22)19(27-10-23)20(21)28-11-24/h3,5,8-11,15-20,25H,2,4,6-7H2,1H3/t15-,16-,17-,18-,19-,20+,21+/m1/s1. The van der Waals surface area contributed by atoms with E-state index in [1.54, 1.807) is 6.07 Å². The van der Waals surface area contributed by atoms with Crippen LogP contribution in [0.2, 0.25) is 0 Å². The molecule has 0 unspecified atom stereocenters. The lowest BCUT2D eigenvalue weighted by atomic mass is 9.55. The number of hydrogen-bond donors (Lipinski definition) is 1. The molecule has 7 atom stereocenters. The van der Waals surface area contributed by atoms with E-state index in [1.807, 2.05) is 19.1 Å². The molecule has 3 aliphatic carbocycles. The Morgan fingerprint density at radius 1 is 1.04 bits per heavy atom. The topological polar surface area (TPSA) is 99.1 Å². The Kier molecular flexibility index (Phi) is 4.77.